The number of hydrogen-bond donors (Lipinski definition) is 2. The summed E-state index contributed by atoms with van der Waals surface area (Å²) in [5.41, 5.74) is 3.87. The summed E-state index contributed by atoms with van der Waals surface area (Å²) >= 11 is 0. The topological polar surface area (TPSA) is 109 Å². The molecule has 1 aliphatic rings. The molecule has 3 aromatic heterocycles. The molecule has 0 spiro atoms. The summed E-state index contributed by atoms with van der Waals surface area (Å²) in [5.74, 6) is -0.845. The highest BCUT2D eigenvalue weighted by Gasteiger charge is 2.39. The second-order valence-electron chi connectivity index (χ2n) is 10.4. The molecule has 1 unspecified atom stereocenters. The summed E-state index contributed by atoms with van der Waals surface area (Å²) in [6.07, 6.45) is -2.70. The number of hydrogen-bond acceptors (Lipinski definition) is 6. The van der Waals surface area contributed by atoms with Gasteiger partial charge < -0.3 is 14.7 Å². The van der Waals surface area contributed by atoms with Crippen LogP contribution in [0.25, 0.3) is 22.3 Å². The summed E-state index contributed by atoms with van der Waals surface area (Å²) in [6, 6.07) is 9.61. The minimum absolute atomic E-state index is 0.0326. The Morgan fingerprint density at radius 2 is 1.77 bits per heavy atom. The zero-order chi connectivity index (χ0) is 31.3. The molecule has 6 rings (SSSR count). The third-order valence-corrected chi connectivity index (χ3v) is 8.12. The van der Waals surface area contributed by atoms with Crippen LogP contribution in [0.1, 0.15) is 53.4 Å². The van der Waals surface area contributed by atoms with Gasteiger partial charge in [0.05, 0.1) is 24.4 Å². The van der Waals surface area contributed by atoms with Crippen molar-refractivity contribution in [2.45, 2.75) is 45.3 Å². The molecule has 2 aromatic carbocycles. The zero-order valence-electron chi connectivity index (χ0n) is 24.0. The van der Waals surface area contributed by atoms with Gasteiger partial charge in [0.1, 0.15) is 11.2 Å². The standard InChI is InChI=1S/C31H28F4N6O3/c1-4-16-7-6-8-17(5-2)23(16)27-24-21(11-12-40(27)29-36-14-19(15-37-29)31(33,34)35)38-39-25(24)22-13-18-9-10-20(32)28(44-3)26(18)41(22)30(42)43/h6-10,13-15,27H,4-5,11-12H2,1-3H3,(H,38,39)(H,42,43). The molecule has 0 aliphatic carbocycles. The molecule has 13 heteroatoms. The molecular formula is C31H28F4N6O3. The SMILES string of the molecule is CCc1cccc(CC)c1C1c2c(-c3cc4ccc(F)c(OC)c4n3C(=O)O)n[nH]c2CCN1c1ncc(C(F)(F)F)cn1. The molecule has 0 saturated carbocycles. The quantitative estimate of drug-likeness (QED) is 0.204. The number of halogens is 4. The van der Waals surface area contributed by atoms with Crippen LogP contribution in [0, 0.1) is 5.82 Å². The highest BCUT2D eigenvalue weighted by molar-refractivity contribution is 5.99. The molecule has 5 aromatic rings. The Morgan fingerprint density at radius 3 is 2.36 bits per heavy atom. The van der Waals surface area contributed by atoms with Gasteiger partial charge in [-0.2, -0.15) is 18.3 Å². The monoisotopic (exact) mass is 608 g/mol. The Bertz CT molecular complexity index is 1860. The smallest absolute Gasteiger partial charge is 0.419 e. The van der Waals surface area contributed by atoms with Crippen LogP contribution in [0.2, 0.25) is 0 Å². The lowest BCUT2D eigenvalue weighted by atomic mass is 9.83. The predicted molar refractivity (Wildman–Crippen MR) is 155 cm³/mol. The fourth-order valence-corrected chi connectivity index (χ4v) is 6.16. The number of carboxylic acid groups (broad SMARTS) is 1. The van der Waals surface area contributed by atoms with Crippen molar-refractivity contribution in [1.29, 1.82) is 0 Å². The number of methoxy groups -OCH3 is 1. The number of aryl methyl sites for hydroxylation is 2. The number of benzene rings is 2. The summed E-state index contributed by atoms with van der Waals surface area (Å²) in [7, 11) is 1.26. The van der Waals surface area contributed by atoms with Gasteiger partial charge in [0.25, 0.3) is 0 Å². The molecule has 0 fully saturated rings. The number of H-pyrrole nitrogens is 1. The minimum Gasteiger partial charge on any atom is -0.492 e. The highest BCUT2D eigenvalue weighted by Crippen LogP contribution is 2.45. The largest absolute Gasteiger partial charge is 0.492 e. The number of nitrogens with zero attached hydrogens (tertiary/aromatic N) is 5. The van der Waals surface area contributed by atoms with Gasteiger partial charge in [-0.15, -0.1) is 0 Å². The van der Waals surface area contributed by atoms with Crippen LogP contribution >= 0.6 is 0 Å². The average Bonchev–Trinajstić information content (AvgIpc) is 3.61. The lowest BCUT2D eigenvalue weighted by Crippen LogP contribution is -2.38. The first-order valence-corrected chi connectivity index (χ1v) is 14.0. The van der Waals surface area contributed by atoms with E-state index >= 15 is 0 Å². The van der Waals surface area contributed by atoms with E-state index in [4.69, 9.17) is 4.74 Å². The number of fused-ring (bicyclic) bond motifs is 2. The number of aromatic nitrogens is 5. The summed E-state index contributed by atoms with van der Waals surface area (Å²) in [6.45, 7) is 4.38. The first-order valence-electron chi connectivity index (χ1n) is 14.0. The van der Waals surface area contributed by atoms with Gasteiger partial charge in [0.2, 0.25) is 5.95 Å². The number of carbonyl (C=O) groups is 1. The Hall–Kier alpha value is -4.94. The van der Waals surface area contributed by atoms with Gasteiger partial charge in [-0.1, -0.05) is 32.0 Å². The van der Waals surface area contributed by atoms with Crippen molar-refractivity contribution in [2.24, 2.45) is 0 Å². The Labute approximate surface area is 249 Å². The number of ether oxygens (including phenoxy) is 1. The van der Waals surface area contributed by atoms with Crippen LogP contribution in [0.5, 0.6) is 5.75 Å². The van der Waals surface area contributed by atoms with Gasteiger partial charge in [-0.25, -0.2) is 23.7 Å². The van der Waals surface area contributed by atoms with Crippen LogP contribution in [0.4, 0.5) is 28.3 Å². The van der Waals surface area contributed by atoms with E-state index in [0.29, 0.717) is 42.5 Å². The molecular weight excluding hydrogens is 580 g/mol. The maximum Gasteiger partial charge on any atom is 0.419 e. The first-order chi connectivity index (χ1) is 21.1. The van der Waals surface area contributed by atoms with Crippen molar-refractivity contribution >= 4 is 22.9 Å². The Balaban J connectivity index is 1.64. The molecule has 0 radical (unpaired) electrons. The van der Waals surface area contributed by atoms with E-state index in [1.165, 1.54) is 19.2 Å². The van der Waals surface area contributed by atoms with Crippen molar-refractivity contribution in [1.82, 2.24) is 24.7 Å². The summed E-state index contributed by atoms with van der Waals surface area (Å²) in [4.78, 5) is 22.8. The molecule has 2 N–H and O–H groups in total. The third-order valence-electron chi connectivity index (χ3n) is 8.12. The summed E-state index contributed by atoms with van der Waals surface area (Å²) in [5, 5.41) is 18.4. The lowest BCUT2D eigenvalue weighted by Gasteiger charge is -2.38. The predicted octanol–water partition coefficient (Wildman–Crippen LogP) is 6.79. The summed E-state index contributed by atoms with van der Waals surface area (Å²) < 4.78 is 61.1. The van der Waals surface area contributed by atoms with Gasteiger partial charge in [0, 0.05) is 42.0 Å². The Morgan fingerprint density at radius 1 is 1.09 bits per heavy atom. The first kappa shape index (κ1) is 29.1. The lowest BCUT2D eigenvalue weighted by molar-refractivity contribution is -0.138. The van der Waals surface area contributed by atoms with Crippen LogP contribution in [0.15, 0.2) is 48.8 Å². The van der Waals surface area contributed by atoms with E-state index < -0.39 is 29.7 Å². The second kappa shape index (κ2) is 11.0. The molecule has 4 heterocycles. The van der Waals surface area contributed by atoms with E-state index in [1.807, 2.05) is 36.9 Å². The van der Waals surface area contributed by atoms with Crippen molar-refractivity contribution in [3.63, 3.8) is 0 Å². The molecule has 228 valence electrons. The normalized spacial score (nSPS) is 15.1. The molecule has 0 bridgehead atoms. The van der Waals surface area contributed by atoms with Crippen LogP contribution < -0.4 is 9.64 Å². The number of rotatable bonds is 6. The maximum absolute atomic E-state index is 14.7. The van der Waals surface area contributed by atoms with Gasteiger partial charge in [-0.05, 0) is 47.7 Å². The van der Waals surface area contributed by atoms with Crippen LogP contribution in [0.3, 0.4) is 0 Å². The van der Waals surface area contributed by atoms with Crippen LogP contribution in [-0.2, 0) is 25.4 Å². The molecule has 9 nitrogen and oxygen atoms in total. The van der Waals surface area contributed by atoms with E-state index in [-0.39, 0.29) is 22.9 Å². The highest BCUT2D eigenvalue weighted by atomic mass is 19.4. The molecule has 0 saturated heterocycles. The fraction of sp³-hybridized carbons (Fsp3) is 0.290. The van der Waals surface area contributed by atoms with Gasteiger partial charge in [-0.3, -0.25) is 5.10 Å². The number of anilines is 1. The van der Waals surface area contributed by atoms with E-state index in [2.05, 4.69) is 20.2 Å². The van der Waals surface area contributed by atoms with E-state index in [9.17, 15) is 27.5 Å². The van der Waals surface area contributed by atoms with Crippen molar-refractivity contribution in [3.05, 3.63) is 88.1 Å². The molecule has 1 atom stereocenters. The van der Waals surface area contributed by atoms with E-state index in [1.54, 1.807) is 6.07 Å². The van der Waals surface area contributed by atoms with E-state index in [0.717, 1.165) is 39.3 Å². The van der Waals surface area contributed by atoms with Crippen LogP contribution in [-0.4, -0.2) is 49.6 Å². The number of nitrogens with one attached hydrogen (secondary N) is 1. The minimum atomic E-state index is -4.60. The average molecular weight is 609 g/mol. The van der Waals surface area contributed by atoms with Gasteiger partial charge in [0.15, 0.2) is 11.6 Å². The number of alkyl halides is 3. The zero-order valence-corrected chi connectivity index (χ0v) is 24.0. The molecule has 1 aliphatic heterocycles. The maximum atomic E-state index is 14.7. The molecule has 44 heavy (non-hydrogen) atoms. The van der Waals surface area contributed by atoms with Crippen molar-refractivity contribution < 1.29 is 32.2 Å². The van der Waals surface area contributed by atoms with Gasteiger partial charge >= 0.3 is 12.3 Å². The second-order valence-corrected chi connectivity index (χ2v) is 10.4. The fourth-order valence-electron chi connectivity index (χ4n) is 6.16. The third kappa shape index (κ3) is 4.63. The Kier molecular flexibility index (Phi) is 7.26. The molecule has 0 amide bonds. The van der Waals surface area contributed by atoms with Crippen molar-refractivity contribution in [3.8, 4) is 17.1 Å². The number of aromatic amines is 1. The van der Waals surface area contributed by atoms with Crippen molar-refractivity contribution in [2.75, 3.05) is 18.6 Å².